The van der Waals surface area contributed by atoms with E-state index in [0.29, 0.717) is 21.0 Å². The van der Waals surface area contributed by atoms with Crippen molar-refractivity contribution in [3.63, 3.8) is 0 Å². The zero-order valence-corrected chi connectivity index (χ0v) is 10.3. The first-order chi connectivity index (χ1) is 8.10. The maximum atomic E-state index is 12.2. The van der Waals surface area contributed by atoms with E-state index in [0.717, 1.165) is 16.2 Å². The van der Waals surface area contributed by atoms with E-state index in [-0.39, 0.29) is 5.75 Å². The molecule has 2 aromatic heterocycles. The summed E-state index contributed by atoms with van der Waals surface area (Å²) in [6, 6.07) is 1.54. The second-order valence-corrected chi connectivity index (χ2v) is 5.43. The average molecular weight is 275 g/mol. The fraction of sp³-hybridized carbons (Fsp3) is 0.200. The highest BCUT2D eigenvalue weighted by molar-refractivity contribution is 7.22. The largest absolute Gasteiger partial charge is 0.433 e. The molecule has 0 spiro atoms. The molecule has 0 radical (unpaired) electrons. The monoisotopic (exact) mass is 275 g/mol. The van der Waals surface area contributed by atoms with Crippen LogP contribution in [0.15, 0.2) is 12.3 Å². The van der Waals surface area contributed by atoms with Crippen LogP contribution in [-0.2, 0) is 0 Å². The van der Waals surface area contributed by atoms with Crippen LogP contribution in [0, 0.1) is 6.92 Å². The summed E-state index contributed by atoms with van der Waals surface area (Å²) in [5.74, 6) is 0.106. The van der Waals surface area contributed by atoms with Gasteiger partial charge in [-0.05, 0) is 13.0 Å². The highest BCUT2D eigenvalue weighted by Crippen LogP contribution is 2.40. The van der Waals surface area contributed by atoms with Crippen molar-refractivity contribution in [3.8, 4) is 15.6 Å². The molecule has 0 aliphatic heterocycles. The van der Waals surface area contributed by atoms with E-state index in [1.807, 2.05) is 0 Å². The summed E-state index contributed by atoms with van der Waals surface area (Å²) in [5.41, 5.74) is 0. The molecule has 0 amide bonds. The van der Waals surface area contributed by atoms with Crippen molar-refractivity contribution in [2.24, 2.45) is 0 Å². The molecule has 0 aliphatic carbocycles. The van der Waals surface area contributed by atoms with Crippen LogP contribution in [0.2, 0.25) is 0 Å². The molecule has 0 N–H and O–H groups in total. The number of carbonyl (C=O) groups is 1. The molecule has 0 saturated heterocycles. The van der Waals surface area contributed by atoms with Crippen molar-refractivity contribution in [2.75, 3.05) is 0 Å². The predicted octanol–water partition coefficient (Wildman–Crippen LogP) is 3.59. The molecule has 0 atom stereocenters. The fourth-order valence-corrected chi connectivity index (χ4v) is 3.03. The van der Waals surface area contributed by atoms with Crippen LogP contribution in [0.3, 0.4) is 0 Å². The number of hydrogen-bond acceptors (Lipinski definition) is 5. The summed E-state index contributed by atoms with van der Waals surface area (Å²) in [5, 5.41) is 0.515. The molecule has 0 fully saturated rings. The van der Waals surface area contributed by atoms with Crippen LogP contribution in [0.5, 0.6) is 5.75 Å². The number of hydrogen-bond donors (Lipinski definition) is 0. The highest BCUT2D eigenvalue weighted by Gasteiger charge is 2.17. The van der Waals surface area contributed by atoms with Gasteiger partial charge in [-0.3, -0.25) is 4.79 Å². The smallest absolute Gasteiger partial charge is 0.387 e. The molecule has 0 aromatic carbocycles. The van der Waals surface area contributed by atoms with Gasteiger partial charge in [0.2, 0.25) is 0 Å². The van der Waals surface area contributed by atoms with E-state index in [2.05, 4.69) is 9.72 Å². The number of aldehydes is 1. The lowest BCUT2D eigenvalue weighted by molar-refractivity contribution is -0.0492. The van der Waals surface area contributed by atoms with Crippen molar-refractivity contribution >= 4 is 29.0 Å². The maximum Gasteiger partial charge on any atom is 0.387 e. The minimum absolute atomic E-state index is 0.106. The number of aromatic nitrogens is 1. The predicted molar refractivity (Wildman–Crippen MR) is 62.2 cm³/mol. The Morgan fingerprint density at radius 2 is 2.24 bits per heavy atom. The number of carbonyl (C=O) groups excluding carboxylic acids is 1. The molecule has 7 heteroatoms. The van der Waals surface area contributed by atoms with Crippen LogP contribution in [0.1, 0.15) is 14.5 Å². The second-order valence-electron chi connectivity index (χ2n) is 3.11. The standard InChI is InChI=1S/C10H7F2NO2S2/c1-5-2-7(15-10(11)12)8(16-5)9-13-3-6(4-14)17-9/h2-4,10H,1H3. The zero-order valence-electron chi connectivity index (χ0n) is 8.65. The van der Waals surface area contributed by atoms with Gasteiger partial charge in [-0.1, -0.05) is 0 Å². The lowest BCUT2D eigenvalue weighted by Gasteiger charge is -2.02. The highest BCUT2D eigenvalue weighted by atomic mass is 32.1. The average Bonchev–Trinajstić information content (AvgIpc) is 2.83. The van der Waals surface area contributed by atoms with Gasteiger partial charge in [0.1, 0.15) is 15.6 Å². The zero-order chi connectivity index (χ0) is 12.4. The Morgan fingerprint density at radius 1 is 1.47 bits per heavy atom. The lowest BCUT2D eigenvalue weighted by atomic mass is 10.4. The molecule has 3 nitrogen and oxygen atoms in total. The Morgan fingerprint density at radius 3 is 2.82 bits per heavy atom. The molecule has 2 heterocycles. The molecule has 2 rings (SSSR count). The van der Waals surface area contributed by atoms with Gasteiger partial charge in [-0.2, -0.15) is 8.78 Å². The van der Waals surface area contributed by atoms with E-state index in [4.69, 9.17) is 0 Å². The number of thiazole rings is 1. The molecular formula is C10H7F2NO2S2. The van der Waals surface area contributed by atoms with E-state index in [9.17, 15) is 13.6 Å². The number of nitrogens with zero attached hydrogens (tertiary/aromatic N) is 1. The Bertz CT molecular complexity index is 536. The lowest BCUT2D eigenvalue weighted by Crippen LogP contribution is -2.01. The van der Waals surface area contributed by atoms with E-state index < -0.39 is 6.61 Å². The van der Waals surface area contributed by atoms with Crippen molar-refractivity contribution in [3.05, 3.63) is 22.0 Å². The van der Waals surface area contributed by atoms with E-state index in [1.54, 1.807) is 6.92 Å². The number of halogens is 2. The summed E-state index contributed by atoms with van der Waals surface area (Å²) in [6.07, 6.45) is 2.09. The third-order valence-corrected chi connectivity index (χ3v) is 3.98. The van der Waals surface area contributed by atoms with Crippen molar-refractivity contribution in [1.82, 2.24) is 4.98 Å². The van der Waals surface area contributed by atoms with Crippen LogP contribution < -0.4 is 4.74 Å². The van der Waals surface area contributed by atoms with E-state index >= 15 is 0 Å². The van der Waals surface area contributed by atoms with Gasteiger partial charge < -0.3 is 4.74 Å². The fourth-order valence-electron chi connectivity index (χ4n) is 1.27. The van der Waals surface area contributed by atoms with Crippen molar-refractivity contribution < 1.29 is 18.3 Å². The number of ether oxygens (including phenoxy) is 1. The van der Waals surface area contributed by atoms with Gasteiger partial charge in [-0.25, -0.2) is 4.98 Å². The van der Waals surface area contributed by atoms with Crippen LogP contribution in [0.25, 0.3) is 9.88 Å². The summed E-state index contributed by atoms with van der Waals surface area (Å²) in [4.78, 5) is 16.4. The minimum atomic E-state index is -2.87. The summed E-state index contributed by atoms with van der Waals surface area (Å²) in [7, 11) is 0. The SMILES string of the molecule is Cc1cc(OC(F)F)c(-c2ncc(C=O)s2)s1. The van der Waals surface area contributed by atoms with Gasteiger partial charge in [0.15, 0.2) is 6.29 Å². The van der Waals surface area contributed by atoms with Gasteiger partial charge >= 0.3 is 6.61 Å². The number of alkyl halides is 2. The molecule has 90 valence electrons. The van der Waals surface area contributed by atoms with Crippen molar-refractivity contribution in [2.45, 2.75) is 13.5 Å². The third-order valence-electron chi connectivity index (χ3n) is 1.87. The Balaban J connectivity index is 2.39. The Kier molecular flexibility index (Phi) is 3.49. The summed E-state index contributed by atoms with van der Waals surface area (Å²) in [6.45, 7) is -1.07. The van der Waals surface area contributed by atoms with Gasteiger partial charge in [0, 0.05) is 11.1 Å². The third kappa shape index (κ3) is 2.67. The van der Waals surface area contributed by atoms with Gasteiger partial charge in [-0.15, -0.1) is 22.7 Å². The normalized spacial score (nSPS) is 10.8. The van der Waals surface area contributed by atoms with Gasteiger partial charge in [0.25, 0.3) is 0 Å². The second kappa shape index (κ2) is 4.89. The van der Waals surface area contributed by atoms with Crippen LogP contribution >= 0.6 is 22.7 Å². The molecule has 0 unspecified atom stereocenters. The first-order valence-corrected chi connectivity index (χ1v) is 6.20. The minimum Gasteiger partial charge on any atom is -0.433 e. The summed E-state index contributed by atoms with van der Waals surface area (Å²) < 4.78 is 28.8. The molecule has 0 aliphatic rings. The molecule has 0 bridgehead atoms. The first kappa shape index (κ1) is 12.1. The van der Waals surface area contributed by atoms with Crippen LogP contribution in [0.4, 0.5) is 8.78 Å². The molecule has 0 saturated carbocycles. The summed E-state index contributed by atoms with van der Waals surface area (Å²) >= 11 is 2.45. The molecular weight excluding hydrogens is 268 g/mol. The number of thiophene rings is 1. The maximum absolute atomic E-state index is 12.2. The number of aryl methyl sites for hydroxylation is 1. The Hall–Kier alpha value is -1.34. The van der Waals surface area contributed by atoms with E-state index in [1.165, 1.54) is 23.6 Å². The van der Waals surface area contributed by atoms with Crippen LogP contribution in [-0.4, -0.2) is 17.9 Å². The van der Waals surface area contributed by atoms with Gasteiger partial charge in [0.05, 0.1) is 4.88 Å². The Labute approximate surface area is 104 Å². The number of rotatable bonds is 4. The first-order valence-electron chi connectivity index (χ1n) is 4.56. The quantitative estimate of drug-likeness (QED) is 0.800. The molecule has 2 aromatic rings. The van der Waals surface area contributed by atoms with Crippen molar-refractivity contribution in [1.29, 1.82) is 0 Å². The molecule has 17 heavy (non-hydrogen) atoms. The topological polar surface area (TPSA) is 39.2 Å².